The zero-order chi connectivity index (χ0) is 14.6. The molecule has 0 aliphatic carbocycles. The Morgan fingerprint density at radius 3 is 2.21 bits per heavy atom. The lowest BCUT2D eigenvalue weighted by Crippen LogP contribution is -2.44. The van der Waals surface area contributed by atoms with Crippen molar-refractivity contribution in [2.45, 2.75) is 33.2 Å². The Labute approximate surface area is 120 Å². The lowest BCUT2D eigenvalue weighted by Gasteiger charge is -2.31. The summed E-state index contributed by atoms with van der Waals surface area (Å²) in [5.41, 5.74) is -0.128. The predicted molar refractivity (Wildman–Crippen MR) is 75.5 cm³/mol. The second kappa shape index (κ2) is 6.46. The van der Waals surface area contributed by atoms with Crippen molar-refractivity contribution in [2.75, 3.05) is 5.33 Å². The molecule has 0 aliphatic heterocycles. The van der Waals surface area contributed by atoms with Crippen LogP contribution in [-0.2, 0) is 0 Å². The van der Waals surface area contributed by atoms with Crippen LogP contribution in [0.15, 0.2) is 18.2 Å². The topological polar surface area (TPSA) is 29.1 Å². The maximum atomic E-state index is 13.1. The summed E-state index contributed by atoms with van der Waals surface area (Å²) >= 11 is 3.34. The molecule has 1 atom stereocenters. The van der Waals surface area contributed by atoms with Crippen molar-refractivity contribution in [1.29, 1.82) is 0 Å². The summed E-state index contributed by atoms with van der Waals surface area (Å²) in [7, 11) is 0. The van der Waals surface area contributed by atoms with Gasteiger partial charge in [-0.2, -0.15) is 0 Å². The van der Waals surface area contributed by atoms with Gasteiger partial charge in [-0.15, -0.1) is 0 Å². The van der Waals surface area contributed by atoms with Gasteiger partial charge in [-0.05, 0) is 24.0 Å². The highest BCUT2D eigenvalue weighted by Gasteiger charge is 2.26. The van der Waals surface area contributed by atoms with Gasteiger partial charge in [0.2, 0.25) is 0 Å². The van der Waals surface area contributed by atoms with Gasteiger partial charge in [-0.3, -0.25) is 4.79 Å². The lowest BCUT2D eigenvalue weighted by molar-refractivity contribution is 0.0900. The first-order valence-corrected chi connectivity index (χ1v) is 7.19. The monoisotopic (exact) mass is 333 g/mol. The van der Waals surface area contributed by atoms with Crippen molar-refractivity contribution < 1.29 is 13.6 Å². The predicted octanol–water partition coefficient (Wildman–Crippen LogP) is 3.89. The summed E-state index contributed by atoms with van der Waals surface area (Å²) in [6.45, 7) is 6.02. The van der Waals surface area contributed by atoms with Gasteiger partial charge >= 0.3 is 0 Å². The summed E-state index contributed by atoms with van der Waals surface area (Å²) in [5.74, 6) is -1.96. The number of nitrogens with one attached hydrogen (secondary N) is 1. The number of hydrogen-bond donors (Lipinski definition) is 1. The molecule has 1 rings (SSSR count). The average Bonchev–Trinajstić information content (AvgIpc) is 2.25. The number of amides is 1. The van der Waals surface area contributed by atoms with E-state index in [1.807, 2.05) is 20.8 Å². The molecule has 19 heavy (non-hydrogen) atoms. The Morgan fingerprint density at radius 2 is 1.79 bits per heavy atom. The molecule has 0 aromatic heterocycles. The fraction of sp³-hybridized carbons (Fsp3) is 0.500. The lowest BCUT2D eigenvalue weighted by atomic mass is 9.85. The third-order valence-electron chi connectivity index (χ3n) is 2.87. The van der Waals surface area contributed by atoms with Crippen molar-refractivity contribution in [2.24, 2.45) is 5.41 Å². The van der Waals surface area contributed by atoms with Crippen LogP contribution >= 0.6 is 15.9 Å². The maximum absolute atomic E-state index is 13.1. The van der Waals surface area contributed by atoms with E-state index in [1.54, 1.807) is 0 Å². The molecule has 1 aromatic rings. The van der Waals surface area contributed by atoms with E-state index in [2.05, 4.69) is 21.2 Å². The Bertz CT molecular complexity index is 437. The summed E-state index contributed by atoms with van der Waals surface area (Å²) in [6.07, 6.45) is 0.743. The molecule has 0 fully saturated rings. The Morgan fingerprint density at radius 1 is 1.26 bits per heavy atom. The number of carbonyl (C=O) groups excluding carboxylic acids is 1. The number of alkyl halides is 1. The first kappa shape index (κ1) is 16.1. The summed E-state index contributed by atoms with van der Waals surface area (Å²) in [6, 6.07) is 2.74. The van der Waals surface area contributed by atoms with Crippen molar-refractivity contribution in [1.82, 2.24) is 5.32 Å². The minimum Gasteiger partial charge on any atom is -0.349 e. The van der Waals surface area contributed by atoms with Gasteiger partial charge in [0, 0.05) is 23.0 Å². The third-order valence-corrected chi connectivity index (χ3v) is 3.33. The molecule has 0 bridgehead atoms. The Balaban J connectivity index is 2.87. The zero-order valence-corrected chi connectivity index (χ0v) is 12.9. The quantitative estimate of drug-likeness (QED) is 0.832. The van der Waals surface area contributed by atoms with Gasteiger partial charge in [0.25, 0.3) is 5.91 Å². The zero-order valence-electron chi connectivity index (χ0n) is 11.3. The van der Waals surface area contributed by atoms with Crippen LogP contribution < -0.4 is 5.32 Å². The molecule has 2 nitrogen and oxygen atoms in total. The first-order valence-electron chi connectivity index (χ1n) is 6.07. The number of carbonyl (C=O) groups is 1. The molecule has 0 saturated carbocycles. The molecule has 0 radical (unpaired) electrons. The van der Waals surface area contributed by atoms with E-state index in [9.17, 15) is 13.6 Å². The fourth-order valence-corrected chi connectivity index (χ4v) is 2.22. The molecule has 5 heteroatoms. The largest absolute Gasteiger partial charge is 0.349 e. The SMILES string of the molecule is CC(C)(C)C(CCBr)NC(=O)c1cc(F)cc(F)c1. The van der Waals surface area contributed by atoms with E-state index < -0.39 is 17.5 Å². The molecular formula is C14H18BrF2NO. The third kappa shape index (κ3) is 4.90. The first-order chi connectivity index (χ1) is 8.74. The molecule has 0 spiro atoms. The minimum atomic E-state index is -0.752. The van der Waals surface area contributed by atoms with Crippen molar-refractivity contribution in [3.8, 4) is 0 Å². The maximum Gasteiger partial charge on any atom is 0.251 e. The van der Waals surface area contributed by atoms with Gasteiger partial charge in [0.05, 0.1) is 0 Å². The van der Waals surface area contributed by atoms with Crippen LogP contribution in [0.1, 0.15) is 37.6 Å². The van der Waals surface area contributed by atoms with Gasteiger partial charge in [0.1, 0.15) is 11.6 Å². The van der Waals surface area contributed by atoms with E-state index >= 15 is 0 Å². The molecular weight excluding hydrogens is 316 g/mol. The van der Waals surface area contributed by atoms with Gasteiger partial charge < -0.3 is 5.32 Å². The van der Waals surface area contributed by atoms with Crippen LogP contribution in [0, 0.1) is 17.0 Å². The van der Waals surface area contributed by atoms with Crippen LogP contribution in [0.5, 0.6) is 0 Å². The molecule has 1 amide bonds. The van der Waals surface area contributed by atoms with E-state index in [0.717, 1.165) is 30.0 Å². The summed E-state index contributed by atoms with van der Waals surface area (Å²) in [4.78, 5) is 12.0. The second-order valence-electron chi connectivity index (χ2n) is 5.53. The number of halogens is 3. The van der Waals surface area contributed by atoms with Crippen LogP contribution in [0.3, 0.4) is 0 Å². The van der Waals surface area contributed by atoms with Crippen LogP contribution in [0.4, 0.5) is 8.78 Å². The number of hydrogen-bond acceptors (Lipinski definition) is 1. The van der Waals surface area contributed by atoms with Crippen molar-refractivity contribution in [3.63, 3.8) is 0 Å². The highest BCUT2D eigenvalue weighted by atomic mass is 79.9. The van der Waals surface area contributed by atoms with Crippen molar-refractivity contribution in [3.05, 3.63) is 35.4 Å². The fourth-order valence-electron chi connectivity index (χ4n) is 1.76. The molecule has 1 N–H and O–H groups in total. The van der Waals surface area contributed by atoms with Crippen LogP contribution in [0.25, 0.3) is 0 Å². The van der Waals surface area contributed by atoms with Crippen molar-refractivity contribution >= 4 is 21.8 Å². The molecule has 0 heterocycles. The normalized spacial score (nSPS) is 13.2. The summed E-state index contributed by atoms with van der Waals surface area (Å²) < 4.78 is 26.2. The van der Waals surface area contributed by atoms with E-state index in [4.69, 9.17) is 0 Å². The minimum absolute atomic E-state index is 0.00122. The van der Waals surface area contributed by atoms with Crippen LogP contribution in [0.2, 0.25) is 0 Å². The molecule has 1 aromatic carbocycles. The van der Waals surface area contributed by atoms with Gasteiger partial charge in [-0.25, -0.2) is 8.78 Å². The van der Waals surface area contributed by atoms with Gasteiger partial charge in [0.15, 0.2) is 0 Å². The molecule has 1 unspecified atom stereocenters. The smallest absolute Gasteiger partial charge is 0.251 e. The highest BCUT2D eigenvalue weighted by Crippen LogP contribution is 2.23. The second-order valence-corrected chi connectivity index (χ2v) is 6.32. The highest BCUT2D eigenvalue weighted by molar-refractivity contribution is 9.09. The number of rotatable bonds is 4. The Kier molecular flexibility index (Phi) is 5.47. The van der Waals surface area contributed by atoms with Gasteiger partial charge in [-0.1, -0.05) is 36.7 Å². The summed E-state index contributed by atoms with van der Waals surface area (Å²) in [5, 5.41) is 3.57. The molecule has 106 valence electrons. The number of benzene rings is 1. The van der Waals surface area contributed by atoms with E-state index in [-0.39, 0.29) is 17.0 Å². The Hall–Kier alpha value is -0.970. The van der Waals surface area contributed by atoms with E-state index in [1.165, 1.54) is 0 Å². The molecule has 0 saturated heterocycles. The van der Waals surface area contributed by atoms with E-state index in [0.29, 0.717) is 0 Å². The molecule has 0 aliphatic rings. The average molecular weight is 334 g/mol. The standard InChI is InChI=1S/C14H18BrF2NO/c1-14(2,3)12(4-5-15)18-13(19)9-6-10(16)8-11(17)7-9/h6-8,12H,4-5H2,1-3H3,(H,18,19). The van der Waals surface area contributed by atoms with Crippen LogP contribution in [-0.4, -0.2) is 17.3 Å².